The Morgan fingerprint density at radius 3 is 2.93 bits per heavy atom. The fraction of sp³-hybridized carbons (Fsp3) is 0.263. The molecule has 1 aromatic carbocycles. The Morgan fingerprint density at radius 2 is 2.14 bits per heavy atom. The number of carbonyl (C=O) groups excluding carboxylic acids is 2. The molecule has 3 rings (SSSR count). The number of nitrogens with zero attached hydrogens (tertiary/aromatic N) is 2. The summed E-state index contributed by atoms with van der Waals surface area (Å²) < 4.78 is 4.61. The summed E-state index contributed by atoms with van der Waals surface area (Å²) in [4.78, 5) is 23.8. The molecule has 146 valence electrons. The van der Waals surface area contributed by atoms with Crippen LogP contribution < -0.4 is 16.4 Å². The van der Waals surface area contributed by atoms with Gasteiger partial charge in [0.15, 0.2) is 5.15 Å². The van der Waals surface area contributed by atoms with Gasteiger partial charge in [0.2, 0.25) is 5.91 Å². The zero-order valence-corrected chi connectivity index (χ0v) is 16.0. The molecule has 1 atom stereocenters. The van der Waals surface area contributed by atoms with Crippen molar-refractivity contribution in [2.75, 3.05) is 17.7 Å². The Bertz CT molecular complexity index is 932. The maximum atomic E-state index is 12.3. The standard InChI is InChI=1S/C19H20ClN5O3/c1-28-19(27)22-11-7-8-12-15(9-11)23-17(26)6-4-2-3-5-14(21)13-10-16(12)24-25-18(13)20/h2-3,7-10,14H,4-6,21H2,1H3,(H,22,27)(H,23,26)/b3-2+. The van der Waals surface area contributed by atoms with Gasteiger partial charge in [-0.25, -0.2) is 4.79 Å². The van der Waals surface area contributed by atoms with Crippen molar-refractivity contribution in [1.82, 2.24) is 10.2 Å². The van der Waals surface area contributed by atoms with Crippen LogP contribution in [0.4, 0.5) is 16.2 Å². The highest BCUT2D eigenvalue weighted by Crippen LogP contribution is 2.33. The Kier molecular flexibility index (Phi) is 6.23. The average Bonchev–Trinajstić information content (AvgIpc) is 2.68. The highest BCUT2D eigenvalue weighted by Gasteiger charge is 2.17. The molecule has 0 fully saturated rings. The Hall–Kier alpha value is -2.97. The van der Waals surface area contributed by atoms with Gasteiger partial charge in [-0.05, 0) is 37.1 Å². The van der Waals surface area contributed by atoms with Gasteiger partial charge in [-0.1, -0.05) is 23.8 Å². The molecule has 2 amide bonds. The van der Waals surface area contributed by atoms with E-state index in [2.05, 4.69) is 25.6 Å². The number of aromatic nitrogens is 2. The van der Waals surface area contributed by atoms with Crippen LogP contribution in [0.3, 0.4) is 0 Å². The number of fused-ring (bicyclic) bond motifs is 4. The predicted octanol–water partition coefficient (Wildman–Crippen LogP) is 3.65. The van der Waals surface area contributed by atoms with Crippen LogP contribution in [0.25, 0.3) is 11.3 Å². The van der Waals surface area contributed by atoms with Crippen LogP contribution in [0.15, 0.2) is 36.4 Å². The molecular weight excluding hydrogens is 382 g/mol. The number of anilines is 2. The zero-order chi connectivity index (χ0) is 20.1. The average molecular weight is 402 g/mol. The number of methoxy groups -OCH3 is 1. The van der Waals surface area contributed by atoms with E-state index in [0.717, 1.165) is 0 Å². The molecule has 8 nitrogen and oxygen atoms in total. The molecule has 1 aliphatic heterocycles. The monoisotopic (exact) mass is 401 g/mol. The largest absolute Gasteiger partial charge is 0.453 e. The predicted molar refractivity (Wildman–Crippen MR) is 107 cm³/mol. The number of amides is 2. The normalized spacial score (nSPS) is 17.8. The van der Waals surface area contributed by atoms with E-state index < -0.39 is 6.09 Å². The zero-order valence-electron chi connectivity index (χ0n) is 15.2. The van der Waals surface area contributed by atoms with E-state index >= 15 is 0 Å². The summed E-state index contributed by atoms with van der Waals surface area (Å²) in [6, 6.07) is 6.47. The van der Waals surface area contributed by atoms with Crippen molar-refractivity contribution < 1.29 is 14.3 Å². The summed E-state index contributed by atoms with van der Waals surface area (Å²) in [6.45, 7) is 0. The van der Waals surface area contributed by atoms with Crippen molar-refractivity contribution in [2.45, 2.75) is 25.3 Å². The van der Waals surface area contributed by atoms with Gasteiger partial charge in [0.25, 0.3) is 0 Å². The lowest BCUT2D eigenvalue weighted by Crippen LogP contribution is -2.14. The van der Waals surface area contributed by atoms with Gasteiger partial charge in [0.05, 0.1) is 18.5 Å². The Morgan fingerprint density at radius 1 is 1.32 bits per heavy atom. The van der Waals surface area contributed by atoms with Gasteiger partial charge in [0, 0.05) is 29.3 Å². The summed E-state index contributed by atoms with van der Waals surface area (Å²) in [5.74, 6) is -0.160. The molecule has 2 bridgehead atoms. The summed E-state index contributed by atoms with van der Waals surface area (Å²) >= 11 is 6.19. The number of nitrogens with two attached hydrogens (primary N) is 1. The molecule has 28 heavy (non-hydrogen) atoms. The maximum absolute atomic E-state index is 12.3. The molecule has 0 spiro atoms. The van der Waals surface area contributed by atoms with Gasteiger partial charge in [0.1, 0.15) is 0 Å². The molecule has 0 radical (unpaired) electrons. The van der Waals surface area contributed by atoms with Crippen LogP contribution in [-0.4, -0.2) is 29.3 Å². The van der Waals surface area contributed by atoms with Crippen molar-refractivity contribution in [3.05, 3.63) is 47.1 Å². The van der Waals surface area contributed by atoms with E-state index in [1.807, 2.05) is 12.2 Å². The number of carbonyl (C=O) groups is 2. The van der Waals surface area contributed by atoms with Crippen LogP contribution in [0.1, 0.15) is 30.9 Å². The van der Waals surface area contributed by atoms with Gasteiger partial charge in [-0.15, -0.1) is 10.2 Å². The third-order valence-corrected chi connectivity index (χ3v) is 4.57. The second-order valence-corrected chi connectivity index (χ2v) is 6.61. The van der Waals surface area contributed by atoms with Gasteiger partial charge in [-0.2, -0.15) is 0 Å². The van der Waals surface area contributed by atoms with Crippen LogP contribution in [0.5, 0.6) is 0 Å². The first-order valence-corrected chi connectivity index (χ1v) is 9.08. The minimum Gasteiger partial charge on any atom is -0.453 e. The fourth-order valence-electron chi connectivity index (χ4n) is 2.82. The molecule has 0 saturated heterocycles. The van der Waals surface area contributed by atoms with E-state index in [4.69, 9.17) is 17.3 Å². The van der Waals surface area contributed by atoms with E-state index in [1.165, 1.54) is 7.11 Å². The summed E-state index contributed by atoms with van der Waals surface area (Å²) in [5, 5.41) is 13.9. The van der Waals surface area contributed by atoms with Gasteiger partial charge < -0.3 is 15.8 Å². The first-order valence-electron chi connectivity index (χ1n) is 8.71. The summed E-state index contributed by atoms with van der Waals surface area (Å²) in [6.07, 6.45) is 4.69. The quantitative estimate of drug-likeness (QED) is 0.627. The topological polar surface area (TPSA) is 119 Å². The lowest BCUT2D eigenvalue weighted by molar-refractivity contribution is -0.116. The Labute approximate surface area is 167 Å². The number of rotatable bonds is 1. The number of halogens is 1. The van der Waals surface area contributed by atoms with Crippen molar-refractivity contribution in [3.63, 3.8) is 0 Å². The van der Waals surface area contributed by atoms with E-state index in [-0.39, 0.29) is 17.1 Å². The smallest absolute Gasteiger partial charge is 0.411 e. The molecular formula is C19H20ClN5O3. The number of hydrogen-bond donors (Lipinski definition) is 3. The summed E-state index contributed by atoms with van der Waals surface area (Å²) in [7, 11) is 1.27. The highest BCUT2D eigenvalue weighted by atomic mass is 35.5. The molecule has 1 aromatic heterocycles. The number of benzene rings is 1. The first-order chi connectivity index (χ1) is 13.5. The minimum absolute atomic E-state index is 0.160. The van der Waals surface area contributed by atoms with Crippen molar-refractivity contribution in [3.8, 4) is 11.3 Å². The fourth-order valence-corrected chi connectivity index (χ4v) is 3.05. The highest BCUT2D eigenvalue weighted by molar-refractivity contribution is 6.30. The minimum atomic E-state index is -0.611. The van der Waals surface area contributed by atoms with Crippen LogP contribution in [0, 0.1) is 0 Å². The van der Waals surface area contributed by atoms with Crippen LogP contribution in [-0.2, 0) is 9.53 Å². The summed E-state index contributed by atoms with van der Waals surface area (Å²) in [5.41, 5.74) is 9.02. The molecule has 2 aromatic rings. The van der Waals surface area contributed by atoms with Crippen molar-refractivity contribution in [2.24, 2.45) is 5.73 Å². The second-order valence-electron chi connectivity index (χ2n) is 6.25. The van der Waals surface area contributed by atoms with Crippen LogP contribution in [0.2, 0.25) is 5.15 Å². The van der Waals surface area contributed by atoms with Gasteiger partial charge >= 0.3 is 6.09 Å². The maximum Gasteiger partial charge on any atom is 0.411 e. The third-order valence-electron chi connectivity index (χ3n) is 4.27. The Balaban J connectivity index is 2.09. The SMILES string of the molecule is COC(=O)Nc1ccc2c(c1)NC(=O)CC/C=C/CC(N)c1cc-2nnc1Cl. The third kappa shape index (κ3) is 4.65. The second kappa shape index (κ2) is 8.81. The van der Waals surface area contributed by atoms with E-state index in [0.29, 0.717) is 47.5 Å². The number of nitrogens with one attached hydrogen (secondary N) is 2. The number of ether oxygens (including phenoxy) is 1. The molecule has 0 saturated carbocycles. The number of allylic oxidation sites excluding steroid dienone is 1. The van der Waals surface area contributed by atoms with Crippen molar-refractivity contribution in [1.29, 1.82) is 0 Å². The first kappa shape index (κ1) is 19.8. The molecule has 2 heterocycles. The lowest BCUT2D eigenvalue weighted by Gasteiger charge is -2.15. The molecule has 0 aliphatic carbocycles. The molecule has 1 unspecified atom stereocenters. The van der Waals surface area contributed by atoms with E-state index in [1.54, 1.807) is 24.3 Å². The molecule has 1 aliphatic rings. The molecule has 4 N–H and O–H groups in total. The lowest BCUT2D eigenvalue weighted by atomic mass is 10.0. The van der Waals surface area contributed by atoms with Crippen LogP contribution >= 0.6 is 11.6 Å². The van der Waals surface area contributed by atoms with Gasteiger partial charge in [-0.3, -0.25) is 10.1 Å². The van der Waals surface area contributed by atoms with Crippen molar-refractivity contribution >= 4 is 35.0 Å². The number of hydrogen-bond acceptors (Lipinski definition) is 6. The molecule has 9 heteroatoms. The van der Waals surface area contributed by atoms with E-state index in [9.17, 15) is 9.59 Å².